The number of furan rings is 1. The highest BCUT2D eigenvalue weighted by Gasteiger charge is 2.17. The van der Waals surface area contributed by atoms with E-state index in [4.69, 9.17) is 13.9 Å². The number of carbonyl (C=O) groups is 1. The van der Waals surface area contributed by atoms with Crippen LogP contribution in [0.15, 0.2) is 76.3 Å². The van der Waals surface area contributed by atoms with Gasteiger partial charge in [0.2, 0.25) is 5.76 Å². The van der Waals surface area contributed by atoms with Crippen LogP contribution in [0.4, 0.5) is 0 Å². The fraction of sp³-hybridized carbons (Fsp3) is 0.174. The molecule has 0 aliphatic rings. The highest BCUT2D eigenvalue weighted by molar-refractivity contribution is 7.98. The quantitative estimate of drug-likeness (QED) is 0.271. The van der Waals surface area contributed by atoms with E-state index in [0.717, 1.165) is 11.4 Å². The number of carbonyl (C=O) groups excluding carboxylic acids is 1. The van der Waals surface area contributed by atoms with Gasteiger partial charge in [-0.05, 0) is 48.5 Å². The second-order valence-electron chi connectivity index (χ2n) is 6.58. The van der Waals surface area contributed by atoms with E-state index in [2.05, 4.69) is 14.9 Å². The molecule has 32 heavy (non-hydrogen) atoms. The highest BCUT2D eigenvalue weighted by atomic mass is 32.2. The number of nitrogens with zero attached hydrogens (tertiary/aromatic N) is 3. The fourth-order valence-corrected chi connectivity index (χ4v) is 3.81. The molecule has 0 radical (unpaired) electrons. The first-order chi connectivity index (χ1) is 15.7. The average molecular weight is 452 g/mol. The first-order valence-electron chi connectivity index (χ1n) is 9.74. The summed E-state index contributed by atoms with van der Waals surface area (Å²) >= 11 is 1.45. The largest absolute Gasteiger partial charge is 0.497 e. The van der Waals surface area contributed by atoms with Crippen molar-refractivity contribution in [1.82, 2.24) is 14.8 Å². The second kappa shape index (κ2) is 10.1. The molecule has 0 aliphatic carbocycles. The molecule has 2 aromatic heterocycles. The number of thioether (sulfide) groups is 1. The lowest BCUT2D eigenvalue weighted by molar-refractivity contribution is 0.0563. The second-order valence-corrected chi connectivity index (χ2v) is 7.52. The Morgan fingerprint density at radius 2 is 1.72 bits per heavy atom. The third-order valence-corrected chi connectivity index (χ3v) is 5.49. The third kappa shape index (κ3) is 4.94. The number of para-hydroxylation sites is 1. The summed E-state index contributed by atoms with van der Waals surface area (Å²) in [6, 6.07) is 20.5. The summed E-state index contributed by atoms with van der Waals surface area (Å²) < 4.78 is 23.3. The van der Waals surface area contributed by atoms with Crippen LogP contribution in [-0.2, 0) is 17.1 Å². The number of rotatable bonds is 9. The van der Waals surface area contributed by atoms with Gasteiger partial charge in [-0.3, -0.25) is 4.57 Å². The summed E-state index contributed by atoms with van der Waals surface area (Å²) in [6.07, 6.45) is 0. The smallest absolute Gasteiger partial charge is 0.373 e. The summed E-state index contributed by atoms with van der Waals surface area (Å²) in [5.41, 5.74) is 0.919. The summed E-state index contributed by atoms with van der Waals surface area (Å²) in [5.74, 6) is 2.89. The van der Waals surface area contributed by atoms with E-state index in [1.54, 1.807) is 19.2 Å². The number of hydrogen-bond donors (Lipinski definition) is 0. The van der Waals surface area contributed by atoms with E-state index in [-0.39, 0.29) is 12.4 Å². The molecule has 8 nitrogen and oxygen atoms in total. The van der Waals surface area contributed by atoms with Crippen molar-refractivity contribution in [3.8, 4) is 17.2 Å². The minimum Gasteiger partial charge on any atom is -0.497 e. The predicted octanol–water partition coefficient (Wildman–Crippen LogP) is 4.53. The number of methoxy groups -OCH3 is 2. The standard InChI is InChI=1S/C23H21N3O5S/c1-28-17-8-10-18(11-9-17)30-14-21-24-25-23(26(21)16-6-4-3-5-7-16)32-15-19-12-13-20(31-19)22(27)29-2/h3-13H,14-15H2,1-2H3. The molecule has 164 valence electrons. The van der Waals surface area contributed by atoms with Crippen LogP contribution in [-0.4, -0.2) is 35.0 Å². The molecular formula is C23H21N3O5S. The zero-order valence-corrected chi connectivity index (χ0v) is 18.4. The minimum absolute atomic E-state index is 0.168. The first-order valence-corrected chi connectivity index (χ1v) is 10.7. The van der Waals surface area contributed by atoms with E-state index in [1.807, 2.05) is 59.2 Å². The van der Waals surface area contributed by atoms with Crippen molar-refractivity contribution in [2.75, 3.05) is 14.2 Å². The van der Waals surface area contributed by atoms with Gasteiger partial charge in [0.05, 0.1) is 20.0 Å². The van der Waals surface area contributed by atoms with Crippen LogP contribution < -0.4 is 9.47 Å². The van der Waals surface area contributed by atoms with Crippen LogP contribution in [0.1, 0.15) is 22.1 Å². The van der Waals surface area contributed by atoms with Crippen molar-refractivity contribution in [1.29, 1.82) is 0 Å². The summed E-state index contributed by atoms with van der Waals surface area (Å²) in [7, 11) is 2.94. The van der Waals surface area contributed by atoms with E-state index in [9.17, 15) is 4.79 Å². The Bertz CT molecular complexity index is 1170. The maximum absolute atomic E-state index is 11.6. The van der Waals surface area contributed by atoms with Gasteiger partial charge >= 0.3 is 5.97 Å². The minimum atomic E-state index is -0.508. The predicted molar refractivity (Wildman–Crippen MR) is 118 cm³/mol. The average Bonchev–Trinajstić information content (AvgIpc) is 3.49. The van der Waals surface area contributed by atoms with Gasteiger partial charge in [0.15, 0.2) is 11.0 Å². The highest BCUT2D eigenvalue weighted by Crippen LogP contribution is 2.27. The van der Waals surface area contributed by atoms with Crippen LogP contribution in [0, 0.1) is 0 Å². The van der Waals surface area contributed by atoms with Crippen molar-refractivity contribution in [3.05, 3.63) is 84.1 Å². The Morgan fingerprint density at radius 1 is 0.969 bits per heavy atom. The molecule has 4 aromatic rings. The van der Waals surface area contributed by atoms with Crippen LogP contribution in [0.2, 0.25) is 0 Å². The third-order valence-electron chi connectivity index (χ3n) is 4.53. The van der Waals surface area contributed by atoms with E-state index in [1.165, 1.54) is 18.9 Å². The van der Waals surface area contributed by atoms with Gasteiger partial charge in [-0.15, -0.1) is 10.2 Å². The molecule has 4 rings (SSSR count). The molecule has 2 heterocycles. The van der Waals surface area contributed by atoms with Gasteiger partial charge in [-0.25, -0.2) is 4.79 Å². The molecule has 0 fully saturated rings. The molecule has 0 saturated carbocycles. The molecule has 0 bridgehead atoms. The van der Waals surface area contributed by atoms with Crippen molar-refractivity contribution in [3.63, 3.8) is 0 Å². The van der Waals surface area contributed by atoms with E-state index >= 15 is 0 Å². The van der Waals surface area contributed by atoms with Crippen molar-refractivity contribution < 1.29 is 23.4 Å². The number of esters is 1. The molecule has 0 aliphatic heterocycles. The number of benzene rings is 2. The fourth-order valence-electron chi connectivity index (χ4n) is 2.94. The Kier molecular flexibility index (Phi) is 6.76. The molecule has 0 spiro atoms. The first kappa shape index (κ1) is 21.5. The van der Waals surface area contributed by atoms with Gasteiger partial charge < -0.3 is 18.6 Å². The van der Waals surface area contributed by atoms with Gasteiger partial charge in [0.1, 0.15) is 23.9 Å². The Labute approximate surface area is 189 Å². The summed E-state index contributed by atoms with van der Waals surface area (Å²) in [4.78, 5) is 11.6. The van der Waals surface area contributed by atoms with Gasteiger partial charge in [-0.2, -0.15) is 0 Å². The number of hydrogen-bond acceptors (Lipinski definition) is 8. The molecule has 9 heteroatoms. The van der Waals surface area contributed by atoms with Crippen molar-refractivity contribution in [2.45, 2.75) is 17.5 Å². The molecule has 0 saturated heterocycles. The maximum atomic E-state index is 11.6. The summed E-state index contributed by atoms with van der Waals surface area (Å²) in [5, 5.41) is 9.37. The number of ether oxygens (including phenoxy) is 3. The Hall–Kier alpha value is -3.72. The molecule has 0 unspecified atom stereocenters. The molecule has 0 amide bonds. The molecule has 2 aromatic carbocycles. The normalized spacial score (nSPS) is 10.7. The topological polar surface area (TPSA) is 88.6 Å². The SMILES string of the molecule is COC(=O)c1ccc(CSc2nnc(COc3ccc(OC)cc3)n2-c2ccccc2)o1. The van der Waals surface area contributed by atoms with Gasteiger partial charge in [-0.1, -0.05) is 30.0 Å². The van der Waals surface area contributed by atoms with Gasteiger partial charge in [0, 0.05) is 5.69 Å². The molecule has 0 atom stereocenters. The van der Waals surface area contributed by atoms with Crippen molar-refractivity contribution in [2.24, 2.45) is 0 Å². The zero-order valence-electron chi connectivity index (χ0n) is 17.6. The molecule has 0 N–H and O–H groups in total. The Balaban J connectivity index is 1.52. The van der Waals surface area contributed by atoms with E-state index in [0.29, 0.717) is 28.2 Å². The van der Waals surface area contributed by atoms with Crippen LogP contribution >= 0.6 is 11.8 Å². The monoisotopic (exact) mass is 451 g/mol. The molecular weight excluding hydrogens is 430 g/mol. The van der Waals surface area contributed by atoms with Crippen molar-refractivity contribution >= 4 is 17.7 Å². The number of aromatic nitrogens is 3. The zero-order chi connectivity index (χ0) is 22.3. The summed E-state index contributed by atoms with van der Waals surface area (Å²) in [6.45, 7) is 0.238. The maximum Gasteiger partial charge on any atom is 0.373 e. The lowest BCUT2D eigenvalue weighted by Crippen LogP contribution is -2.06. The van der Waals surface area contributed by atoms with E-state index < -0.39 is 5.97 Å². The van der Waals surface area contributed by atoms with Gasteiger partial charge in [0.25, 0.3) is 0 Å². The van der Waals surface area contributed by atoms with Crippen LogP contribution in [0.3, 0.4) is 0 Å². The lowest BCUT2D eigenvalue weighted by atomic mass is 10.3. The Morgan fingerprint density at radius 3 is 2.44 bits per heavy atom. The van der Waals surface area contributed by atoms with Crippen LogP contribution in [0.5, 0.6) is 11.5 Å². The van der Waals surface area contributed by atoms with Crippen LogP contribution in [0.25, 0.3) is 5.69 Å². The lowest BCUT2D eigenvalue weighted by Gasteiger charge is -2.11.